The van der Waals surface area contributed by atoms with E-state index in [1.807, 2.05) is 30.2 Å². The third-order valence-electron chi connectivity index (χ3n) is 5.17. The molecular weight excluding hydrogens is 300 g/mol. The molecule has 2 aliphatic heterocycles. The molecule has 2 saturated heterocycles. The summed E-state index contributed by atoms with van der Waals surface area (Å²) in [6, 6.07) is 8.12. The predicted molar refractivity (Wildman–Crippen MR) is 94.5 cm³/mol. The SMILES string of the molecule is Cc1cnc([C@H]2CCN(C(=O)c3ccc(N4CCCC4)cc3)C2)[nH]1. The van der Waals surface area contributed by atoms with Crippen LogP contribution in [0.2, 0.25) is 0 Å². The zero-order valence-electron chi connectivity index (χ0n) is 14.2. The van der Waals surface area contributed by atoms with Crippen LogP contribution in [0.15, 0.2) is 30.5 Å². The topological polar surface area (TPSA) is 52.2 Å². The van der Waals surface area contributed by atoms with Gasteiger partial charge in [0, 0.05) is 55.2 Å². The molecule has 1 aromatic carbocycles. The number of H-pyrrole nitrogens is 1. The maximum absolute atomic E-state index is 12.7. The van der Waals surface area contributed by atoms with Gasteiger partial charge in [0.15, 0.2) is 0 Å². The third-order valence-corrected chi connectivity index (χ3v) is 5.17. The van der Waals surface area contributed by atoms with Crippen molar-refractivity contribution in [1.29, 1.82) is 0 Å². The first-order chi connectivity index (χ1) is 11.7. The molecule has 1 aromatic heterocycles. The fraction of sp³-hybridized carbons (Fsp3) is 0.474. The molecule has 1 amide bonds. The lowest BCUT2D eigenvalue weighted by Gasteiger charge is -2.19. The van der Waals surface area contributed by atoms with Crippen molar-refractivity contribution in [3.63, 3.8) is 0 Å². The quantitative estimate of drug-likeness (QED) is 0.944. The van der Waals surface area contributed by atoms with E-state index in [0.717, 1.165) is 49.7 Å². The number of likely N-dealkylation sites (tertiary alicyclic amines) is 1. The lowest BCUT2D eigenvalue weighted by molar-refractivity contribution is 0.0790. The average Bonchev–Trinajstić information content (AvgIpc) is 3.35. The highest BCUT2D eigenvalue weighted by molar-refractivity contribution is 5.94. The molecule has 2 aliphatic rings. The Bertz CT molecular complexity index is 715. The van der Waals surface area contributed by atoms with Gasteiger partial charge in [-0.05, 0) is 50.5 Å². The normalized spacial score (nSPS) is 20.8. The number of hydrogen-bond acceptors (Lipinski definition) is 3. The van der Waals surface area contributed by atoms with Gasteiger partial charge in [-0.2, -0.15) is 0 Å². The van der Waals surface area contributed by atoms with Gasteiger partial charge in [-0.3, -0.25) is 4.79 Å². The molecule has 4 rings (SSSR count). The first-order valence-electron chi connectivity index (χ1n) is 8.86. The molecule has 5 heteroatoms. The van der Waals surface area contributed by atoms with E-state index in [4.69, 9.17) is 0 Å². The van der Waals surface area contributed by atoms with Gasteiger partial charge in [0.25, 0.3) is 5.91 Å². The Labute approximate surface area is 142 Å². The molecule has 2 aromatic rings. The summed E-state index contributed by atoms with van der Waals surface area (Å²) in [5.41, 5.74) is 3.09. The van der Waals surface area contributed by atoms with Crippen molar-refractivity contribution in [2.75, 3.05) is 31.1 Å². The molecule has 1 atom stereocenters. The van der Waals surface area contributed by atoms with E-state index < -0.39 is 0 Å². The molecule has 1 N–H and O–H groups in total. The summed E-state index contributed by atoms with van der Waals surface area (Å²) < 4.78 is 0. The Hall–Kier alpha value is -2.30. The van der Waals surface area contributed by atoms with Gasteiger partial charge in [0.1, 0.15) is 5.82 Å². The summed E-state index contributed by atoms with van der Waals surface area (Å²) in [5.74, 6) is 1.47. The van der Waals surface area contributed by atoms with E-state index in [9.17, 15) is 4.79 Å². The molecule has 0 radical (unpaired) electrons. The van der Waals surface area contributed by atoms with Gasteiger partial charge in [0.05, 0.1) is 0 Å². The van der Waals surface area contributed by atoms with Crippen LogP contribution < -0.4 is 4.90 Å². The molecule has 126 valence electrons. The lowest BCUT2D eigenvalue weighted by atomic mass is 10.1. The van der Waals surface area contributed by atoms with E-state index >= 15 is 0 Å². The molecule has 3 heterocycles. The van der Waals surface area contributed by atoms with Crippen molar-refractivity contribution in [1.82, 2.24) is 14.9 Å². The molecule has 0 unspecified atom stereocenters. The standard InChI is InChI=1S/C19H24N4O/c1-14-12-20-18(21-14)16-8-11-23(13-16)19(24)15-4-6-17(7-5-15)22-9-2-3-10-22/h4-7,12,16H,2-3,8-11,13H2,1H3,(H,20,21)/t16-/m0/s1. The van der Waals surface area contributed by atoms with Crippen molar-refractivity contribution in [3.05, 3.63) is 47.5 Å². The van der Waals surface area contributed by atoms with Gasteiger partial charge in [0.2, 0.25) is 0 Å². The van der Waals surface area contributed by atoms with E-state index in [1.54, 1.807) is 0 Å². The second kappa shape index (κ2) is 6.30. The second-order valence-electron chi connectivity index (χ2n) is 6.93. The van der Waals surface area contributed by atoms with Crippen LogP contribution in [0.3, 0.4) is 0 Å². The molecule has 24 heavy (non-hydrogen) atoms. The van der Waals surface area contributed by atoms with E-state index in [0.29, 0.717) is 5.92 Å². The molecule has 0 bridgehead atoms. The number of aromatic nitrogens is 2. The minimum atomic E-state index is 0.133. The van der Waals surface area contributed by atoms with E-state index in [-0.39, 0.29) is 5.91 Å². The van der Waals surface area contributed by atoms with Crippen LogP contribution in [0.1, 0.15) is 47.1 Å². The summed E-state index contributed by atoms with van der Waals surface area (Å²) in [6.45, 7) is 5.82. The number of aryl methyl sites for hydroxylation is 1. The van der Waals surface area contributed by atoms with Crippen molar-refractivity contribution >= 4 is 11.6 Å². The van der Waals surface area contributed by atoms with Gasteiger partial charge in [-0.15, -0.1) is 0 Å². The molecule has 0 aliphatic carbocycles. The minimum Gasteiger partial charge on any atom is -0.372 e. The van der Waals surface area contributed by atoms with Gasteiger partial charge < -0.3 is 14.8 Å². The fourth-order valence-electron chi connectivity index (χ4n) is 3.78. The van der Waals surface area contributed by atoms with E-state index in [1.165, 1.54) is 18.5 Å². The zero-order valence-corrected chi connectivity index (χ0v) is 14.2. The number of rotatable bonds is 3. The average molecular weight is 324 g/mol. The van der Waals surface area contributed by atoms with Crippen LogP contribution in [0.5, 0.6) is 0 Å². The smallest absolute Gasteiger partial charge is 0.253 e. The summed E-state index contributed by atoms with van der Waals surface area (Å²) in [5, 5.41) is 0. The summed E-state index contributed by atoms with van der Waals surface area (Å²) >= 11 is 0. The van der Waals surface area contributed by atoms with Crippen molar-refractivity contribution in [3.8, 4) is 0 Å². The number of carbonyl (C=O) groups excluding carboxylic acids is 1. The van der Waals surface area contributed by atoms with Crippen LogP contribution in [-0.2, 0) is 0 Å². The first kappa shape index (κ1) is 15.2. The third kappa shape index (κ3) is 2.90. The largest absolute Gasteiger partial charge is 0.372 e. The number of aromatic amines is 1. The molecular formula is C19H24N4O. The predicted octanol–water partition coefficient (Wildman–Crippen LogP) is 2.95. The summed E-state index contributed by atoms with van der Waals surface area (Å²) in [7, 11) is 0. The van der Waals surface area contributed by atoms with Crippen LogP contribution >= 0.6 is 0 Å². The maximum atomic E-state index is 12.7. The number of imidazole rings is 1. The van der Waals surface area contributed by atoms with E-state index in [2.05, 4.69) is 27.0 Å². The maximum Gasteiger partial charge on any atom is 0.253 e. The van der Waals surface area contributed by atoms with Crippen LogP contribution in [0.4, 0.5) is 5.69 Å². The summed E-state index contributed by atoms with van der Waals surface area (Å²) in [6.07, 6.45) is 5.37. The first-order valence-corrected chi connectivity index (χ1v) is 8.86. The van der Waals surface area contributed by atoms with Crippen molar-refractivity contribution < 1.29 is 4.79 Å². The number of benzene rings is 1. The highest BCUT2D eigenvalue weighted by Gasteiger charge is 2.29. The zero-order chi connectivity index (χ0) is 16.5. The number of amides is 1. The molecule has 0 saturated carbocycles. The van der Waals surface area contributed by atoms with Crippen LogP contribution in [-0.4, -0.2) is 47.0 Å². The van der Waals surface area contributed by atoms with Gasteiger partial charge >= 0.3 is 0 Å². The Morgan fingerprint density at radius 1 is 1.17 bits per heavy atom. The van der Waals surface area contributed by atoms with Crippen molar-refractivity contribution in [2.24, 2.45) is 0 Å². The summed E-state index contributed by atoms with van der Waals surface area (Å²) in [4.78, 5) is 24.8. The van der Waals surface area contributed by atoms with Crippen LogP contribution in [0.25, 0.3) is 0 Å². The van der Waals surface area contributed by atoms with Crippen LogP contribution in [0, 0.1) is 6.92 Å². The monoisotopic (exact) mass is 324 g/mol. The Morgan fingerprint density at radius 2 is 1.92 bits per heavy atom. The number of hydrogen-bond donors (Lipinski definition) is 1. The molecule has 0 spiro atoms. The van der Waals surface area contributed by atoms with Gasteiger partial charge in [-0.25, -0.2) is 4.98 Å². The molecule has 5 nitrogen and oxygen atoms in total. The lowest BCUT2D eigenvalue weighted by Crippen LogP contribution is -2.28. The highest BCUT2D eigenvalue weighted by atomic mass is 16.2. The highest BCUT2D eigenvalue weighted by Crippen LogP contribution is 2.27. The Morgan fingerprint density at radius 3 is 2.58 bits per heavy atom. The number of nitrogens with zero attached hydrogens (tertiary/aromatic N) is 3. The number of nitrogens with one attached hydrogen (secondary N) is 1. The molecule has 2 fully saturated rings. The number of anilines is 1. The van der Waals surface area contributed by atoms with Gasteiger partial charge in [-0.1, -0.05) is 0 Å². The second-order valence-corrected chi connectivity index (χ2v) is 6.93. The van der Waals surface area contributed by atoms with Crippen molar-refractivity contribution in [2.45, 2.75) is 32.1 Å². The minimum absolute atomic E-state index is 0.133. The fourth-order valence-corrected chi connectivity index (χ4v) is 3.78. The number of carbonyl (C=O) groups is 1. The Kier molecular flexibility index (Phi) is 4.00. The Balaban J connectivity index is 1.42.